The van der Waals surface area contributed by atoms with Gasteiger partial charge >= 0.3 is 23.9 Å². The quantitative estimate of drug-likeness (QED) is 0.0228. The molecule has 71 heavy (non-hydrogen) atoms. The average molecular weight is 1000 g/mol. The third kappa shape index (κ3) is 37.8. The van der Waals surface area contributed by atoms with Gasteiger partial charge in [-0.25, -0.2) is 4.79 Å². The highest BCUT2D eigenvalue weighted by molar-refractivity contribution is 5.74. The minimum absolute atomic E-state index is 0.0473. The zero-order valence-electron chi connectivity index (χ0n) is 44.7. The number of hydrogen-bond acceptors (Lipinski definition) is 11. The summed E-state index contributed by atoms with van der Waals surface area (Å²) in [7, 11) is 0. The van der Waals surface area contributed by atoms with Crippen molar-refractivity contribution in [3.05, 3.63) is 60.8 Å². The fourth-order valence-corrected chi connectivity index (χ4v) is 8.19. The Hall–Kier alpha value is -3.58. The second-order valence-electron chi connectivity index (χ2n) is 19.2. The molecule has 0 aromatic rings. The van der Waals surface area contributed by atoms with Crippen molar-refractivity contribution in [1.82, 2.24) is 0 Å². The molecule has 6 unspecified atom stereocenters. The third-order valence-electron chi connectivity index (χ3n) is 12.5. The lowest BCUT2D eigenvalue weighted by Gasteiger charge is -2.40. The van der Waals surface area contributed by atoms with E-state index in [0.717, 1.165) is 128 Å². The van der Waals surface area contributed by atoms with E-state index in [1.165, 1.54) is 51.4 Å². The van der Waals surface area contributed by atoms with Crippen LogP contribution >= 0.6 is 0 Å². The van der Waals surface area contributed by atoms with Crippen molar-refractivity contribution in [2.24, 2.45) is 0 Å². The Labute approximate surface area is 430 Å². The second kappa shape index (κ2) is 47.4. The van der Waals surface area contributed by atoms with Gasteiger partial charge in [0.25, 0.3) is 0 Å². The van der Waals surface area contributed by atoms with E-state index in [0.29, 0.717) is 19.3 Å². The van der Waals surface area contributed by atoms with E-state index in [1.54, 1.807) is 0 Å². The minimum atomic E-state index is -1.91. The van der Waals surface area contributed by atoms with Gasteiger partial charge in [0, 0.05) is 19.3 Å². The van der Waals surface area contributed by atoms with Crippen LogP contribution < -0.4 is 0 Å². The number of carboxylic acids is 1. The van der Waals surface area contributed by atoms with Crippen LogP contribution in [-0.4, -0.2) is 89.2 Å². The number of allylic oxidation sites excluding steroid dienone is 10. The summed E-state index contributed by atoms with van der Waals surface area (Å²) in [5.74, 6) is -3.16. The average Bonchev–Trinajstić information content (AvgIpc) is 3.35. The van der Waals surface area contributed by atoms with Crippen LogP contribution in [0, 0.1) is 0 Å². The van der Waals surface area contributed by atoms with Gasteiger partial charge in [-0.05, 0) is 103 Å². The summed E-state index contributed by atoms with van der Waals surface area (Å²) in [5, 5.41) is 31.4. The number of hydrogen-bond donors (Lipinski definition) is 3. The van der Waals surface area contributed by atoms with Crippen molar-refractivity contribution in [1.29, 1.82) is 0 Å². The van der Waals surface area contributed by atoms with Crippen molar-refractivity contribution in [2.45, 2.75) is 276 Å². The Morgan fingerprint density at radius 3 is 1.37 bits per heavy atom. The highest BCUT2D eigenvalue weighted by atomic mass is 16.7. The molecular formula is C59H100O12. The molecule has 0 spiro atoms. The number of aliphatic hydroxyl groups excluding tert-OH is 2. The molecule has 0 aliphatic carbocycles. The first-order valence-electron chi connectivity index (χ1n) is 28.3. The summed E-state index contributed by atoms with van der Waals surface area (Å²) in [6, 6.07) is 0. The number of unbranched alkanes of at least 4 members (excludes halogenated alkanes) is 23. The normalized spacial score (nSPS) is 18.9. The summed E-state index contributed by atoms with van der Waals surface area (Å²) in [4.78, 5) is 51.0. The molecule has 0 bridgehead atoms. The summed E-state index contributed by atoms with van der Waals surface area (Å²) < 4.78 is 28.3. The maximum atomic E-state index is 13.1. The lowest BCUT2D eigenvalue weighted by molar-refractivity contribution is -0.301. The third-order valence-corrected chi connectivity index (χ3v) is 12.5. The standard InChI is InChI=1S/C59H100O12/c1-4-7-10-13-16-19-22-25-26-29-30-33-36-39-42-45-51(60)67-48-50(69-52(61)46-43-40-37-34-31-27-23-20-17-14-11-8-5-2)49-68-59-57(55(64)54(63)56(71-59)58(65)66)70-53(62)47-44-41-38-35-32-28-24-21-18-15-12-9-6-3/h7,10,16,19-21,23-26,50,54-57,59,63-64H,4-6,8-9,11-15,17-18,22,27-49H2,1-3H3,(H,65,66)/b10-7-,19-16-,23-20-,24-21-,26-25-. The van der Waals surface area contributed by atoms with Crippen LogP contribution in [0.1, 0.15) is 239 Å². The first kappa shape index (κ1) is 65.4. The van der Waals surface area contributed by atoms with Crippen molar-refractivity contribution in [3.63, 3.8) is 0 Å². The Morgan fingerprint density at radius 1 is 0.479 bits per heavy atom. The SMILES string of the molecule is CC/C=C\C/C=C\C/C=C\CCCCCCCC(=O)OCC(COC1OC(C(=O)O)C(O)C(O)C1OC(=O)CCCCCCC/C=C\CCCCCC)OC(=O)CCCCCCC/C=C\CCCCCC. The monoisotopic (exact) mass is 1000 g/mol. The molecule has 1 fully saturated rings. The van der Waals surface area contributed by atoms with E-state index < -0.39 is 67.3 Å². The molecule has 408 valence electrons. The van der Waals surface area contributed by atoms with Crippen LogP contribution in [-0.2, 0) is 42.9 Å². The number of rotatable bonds is 47. The molecular weight excluding hydrogens is 901 g/mol. The van der Waals surface area contributed by atoms with E-state index in [9.17, 15) is 34.5 Å². The van der Waals surface area contributed by atoms with Gasteiger partial charge in [-0.1, -0.05) is 178 Å². The van der Waals surface area contributed by atoms with E-state index >= 15 is 0 Å². The van der Waals surface area contributed by atoms with Gasteiger partial charge in [-0.3, -0.25) is 14.4 Å². The van der Waals surface area contributed by atoms with Gasteiger partial charge in [0.05, 0.1) is 6.61 Å². The number of aliphatic carboxylic acids is 1. The van der Waals surface area contributed by atoms with Crippen molar-refractivity contribution < 1.29 is 58.2 Å². The molecule has 12 heteroatoms. The zero-order chi connectivity index (χ0) is 51.8. The molecule has 0 radical (unpaired) electrons. The maximum Gasteiger partial charge on any atom is 0.335 e. The smallest absolute Gasteiger partial charge is 0.335 e. The van der Waals surface area contributed by atoms with Crippen LogP contribution in [0.4, 0.5) is 0 Å². The molecule has 0 saturated carbocycles. The molecule has 0 aromatic carbocycles. The second-order valence-corrected chi connectivity index (χ2v) is 19.2. The Morgan fingerprint density at radius 2 is 0.887 bits per heavy atom. The van der Waals surface area contributed by atoms with Crippen molar-refractivity contribution in [2.75, 3.05) is 13.2 Å². The Balaban J connectivity index is 2.73. The van der Waals surface area contributed by atoms with Gasteiger partial charge in [-0.2, -0.15) is 0 Å². The maximum absolute atomic E-state index is 13.1. The molecule has 1 aliphatic heterocycles. The fourth-order valence-electron chi connectivity index (χ4n) is 8.19. The van der Waals surface area contributed by atoms with Gasteiger partial charge in [0.15, 0.2) is 24.6 Å². The number of esters is 3. The lowest BCUT2D eigenvalue weighted by atomic mass is 9.98. The van der Waals surface area contributed by atoms with Crippen molar-refractivity contribution >= 4 is 23.9 Å². The number of carbonyl (C=O) groups is 4. The van der Waals surface area contributed by atoms with Gasteiger partial charge in [0.2, 0.25) is 0 Å². The number of ether oxygens (including phenoxy) is 5. The van der Waals surface area contributed by atoms with Crippen LogP contribution in [0.3, 0.4) is 0 Å². The zero-order valence-corrected chi connectivity index (χ0v) is 44.7. The highest BCUT2D eigenvalue weighted by Gasteiger charge is 2.50. The first-order valence-corrected chi connectivity index (χ1v) is 28.3. The van der Waals surface area contributed by atoms with E-state index in [2.05, 4.69) is 81.5 Å². The van der Waals surface area contributed by atoms with Crippen LogP contribution in [0.5, 0.6) is 0 Å². The van der Waals surface area contributed by atoms with E-state index in [-0.39, 0.29) is 25.9 Å². The summed E-state index contributed by atoms with van der Waals surface area (Å²) in [6.45, 7) is 5.81. The molecule has 1 heterocycles. The highest BCUT2D eigenvalue weighted by Crippen LogP contribution is 2.26. The molecule has 1 rings (SSSR count). The topological polar surface area (TPSA) is 175 Å². The Bertz CT molecular complexity index is 1470. The predicted octanol–water partition coefficient (Wildman–Crippen LogP) is 14.0. The first-order chi connectivity index (χ1) is 34.6. The van der Waals surface area contributed by atoms with Crippen LogP contribution in [0.15, 0.2) is 60.8 Å². The largest absolute Gasteiger partial charge is 0.479 e. The molecule has 1 aliphatic rings. The van der Waals surface area contributed by atoms with Crippen molar-refractivity contribution in [3.8, 4) is 0 Å². The molecule has 0 amide bonds. The van der Waals surface area contributed by atoms with E-state index in [4.69, 9.17) is 23.7 Å². The summed E-state index contributed by atoms with van der Waals surface area (Å²) >= 11 is 0. The Kier molecular flexibility index (Phi) is 43.7. The molecule has 6 atom stereocenters. The lowest BCUT2D eigenvalue weighted by Crippen LogP contribution is -2.61. The van der Waals surface area contributed by atoms with Gasteiger partial charge in [-0.15, -0.1) is 0 Å². The van der Waals surface area contributed by atoms with Crippen LogP contribution in [0.25, 0.3) is 0 Å². The molecule has 0 aromatic heterocycles. The van der Waals surface area contributed by atoms with Gasteiger partial charge in [0.1, 0.15) is 18.8 Å². The number of aliphatic hydroxyl groups is 2. The predicted molar refractivity (Wildman–Crippen MR) is 285 cm³/mol. The molecule has 12 nitrogen and oxygen atoms in total. The number of carbonyl (C=O) groups excluding carboxylic acids is 3. The minimum Gasteiger partial charge on any atom is -0.479 e. The van der Waals surface area contributed by atoms with E-state index in [1.807, 2.05) is 0 Å². The summed E-state index contributed by atoms with van der Waals surface area (Å²) in [5.41, 5.74) is 0. The molecule has 1 saturated heterocycles. The fraction of sp³-hybridized carbons (Fsp3) is 0.763. The van der Waals surface area contributed by atoms with Gasteiger partial charge < -0.3 is 39.0 Å². The summed E-state index contributed by atoms with van der Waals surface area (Å²) in [6.07, 6.45) is 44.8. The molecule has 3 N–H and O–H groups in total. The van der Waals surface area contributed by atoms with Crippen LogP contribution in [0.2, 0.25) is 0 Å². The number of carboxylic acid groups (broad SMARTS) is 1.